The molecule has 0 fully saturated rings. The molecule has 0 aliphatic carbocycles. The molecule has 0 aromatic carbocycles. The standard InChI is InChI=1S/C12H26B2/c1-6-13(7-2)10-12(5)11-14(8-3)9-4/h5-11H2,1-4H3. The van der Waals surface area contributed by atoms with Crippen molar-refractivity contribution in [3.05, 3.63) is 12.2 Å². The SMILES string of the molecule is C=C(CB(CC)CC)CB(CC)CC. The van der Waals surface area contributed by atoms with Crippen LogP contribution in [0.2, 0.25) is 37.9 Å². The Hall–Kier alpha value is -0.130. The van der Waals surface area contributed by atoms with Crippen molar-refractivity contribution in [2.45, 2.75) is 65.6 Å². The quantitative estimate of drug-likeness (QED) is 0.389. The zero-order valence-corrected chi connectivity index (χ0v) is 10.6. The lowest BCUT2D eigenvalue weighted by atomic mass is 9.38. The second kappa shape index (κ2) is 8.20. The smallest absolute Gasteiger partial charge is 0.101 e. The first-order valence-electron chi connectivity index (χ1n) is 6.34. The Labute approximate surface area is 91.7 Å². The van der Waals surface area contributed by atoms with Crippen LogP contribution in [0.5, 0.6) is 0 Å². The molecule has 0 aromatic rings. The Balaban J connectivity index is 3.83. The van der Waals surface area contributed by atoms with Gasteiger partial charge in [-0.05, 0) is 0 Å². The minimum atomic E-state index is 0.872. The van der Waals surface area contributed by atoms with Gasteiger partial charge in [-0.1, -0.05) is 71.2 Å². The molecule has 0 N–H and O–H groups in total. The van der Waals surface area contributed by atoms with E-state index in [1.165, 1.54) is 43.5 Å². The van der Waals surface area contributed by atoms with Gasteiger partial charge in [0.05, 0.1) is 0 Å². The van der Waals surface area contributed by atoms with Gasteiger partial charge >= 0.3 is 0 Å². The van der Waals surface area contributed by atoms with Crippen LogP contribution in [-0.2, 0) is 0 Å². The Bertz CT molecular complexity index is 130. The predicted octanol–water partition coefficient (Wildman–Crippen LogP) is 4.61. The van der Waals surface area contributed by atoms with Crippen LogP contribution in [0.3, 0.4) is 0 Å². The van der Waals surface area contributed by atoms with Crippen LogP contribution in [0.1, 0.15) is 27.7 Å². The second-order valence-corrected chi connectivity index (χ2v) is 4.52. The monoisotopic (exact) mass is 192 g/mol. The fraction of sp³-hybridized carbons (Fsp3) is 0.833. The van der Waals surface area contributed by atoms with Gasteiger partial charge < -0.3 is 0 Å². The van der Waals surface area contributed by atoms with Crippen LogP contribution in [0.4, 0.5) is 0 Å². The van der Waals surface area contributed by atoms with Gasteiger partial charge in [-0.3, -0.25) is 0 Å². The molecule has 0 radical (unpaired) electrons. The van der Waals surface area contributed by atoms with Gasteiger partial charge in [-0.2, -0.15) is 0 Å². The van der Waals surface area contributed by atoms with Crippen LogP contribution >= 0.6 is 0 Å². The summed E-state index contributed by atoms with van der Waals surface area (Å²) >= 11 is 0. The Morgan fingerprint density at radius 1 is 0.786 bits per heavy atom. The maximum atomic E-state index is 4.23. The van der Waals surface area contributed by atoms with Crippen LogP contribution < -0.4 is 0 Å². The zero-order valence-electron chi connectivity index (χ0n) is 10.6. The van der Waals surface area contributed by atoms with Crippen molar-refractivity contribution < 1.29 is 0 Å². The minimum Gasteiger partial charge on any atom is -0.101 e. The van der Waals surface area contributed by atoms with Crippen molar-refractivity contribution in [3.8, 4) is 0 Å². The van der Waals surface area contributed by atoms with Gasteiger partial charge in [-0.25, -0.2) is 0 Å². The van der Waals surface area contributed by atoms with Crippen molar-refractivity contribution >= 4 is 13.4 Å². The average molecular weight is 192 g/mol. The molecule has 0 nitrogen and oxygen atoms in total. The van der Waals surface area contributed by atoms with Gasteiger partial charge in [0.2, 0.25) is 0 Å². The lowest BCUT2D eigenvalue weighted by molar-refractivity contribution is 1.20. The molecule has 0 saturated carbocycles. The van der Waals surface area contributed by atoms with Crippen LogP contribution in [-0.4, -0.2) is 13.4 Å². The summed E-state index contributed by atoms with van der Waals surface area (Å²) in [7, 11) is 0. The van der Waals surface area contributed by atoms with E-state index in [0.717, 1.165) is 13.4 Å². The summed E-state index contributed by atoms with van der Waals surface area (Å²) in [5.74, 6) is 0. The van der Waals surface area contributed by atoms with E-state index in [9.17, 15) is 0 Å². The normalized spacial score (nSPS) is 10.0. The third-order valence-electron chi connectivity index (χ3n) is 3.46. The van der Waals surface area contributed by atoms with E-state index in [-0.39, 0.29) is 0 Å². The summed E-state index contributed by atoms with van der Waals surface area (Å²) in [5, 5.41) is 0. The molecule has 2 heteroatoms. The minimum absolute atomic E-state index is 0.872. The topological polar surface area (TPSA) is 0 Å². The van der Waals surface area contributed by atoms with E-state index >= 15 is 0 Å². The number of hydrogen-bond donors (Lipinski definition) is 0. The maximum Gasteiger partial charge on any atom is 0.143 e. The molecule has 0 atom stereocenters. The van der Waals surface area contributed by atoms with Gasteiger partial charge in [-0.15, -0.1) is 6.58 Å². The highest BCUT2D eigenvalue weighted by molar-refractivity contribution is 6.61. The zero-order chi connectivity index (χ0) is 11.0. The molecule has 14 heavy (non-hydrogen) atoms. The molecule has 0 unspecified atom stereocenters. The summed E-state index contributed by atoms with van der Waals surface area (Å²) in [6.45, 7) is 15.1. The number of allylic oxidation sites excluding steroid dienone is 1. The van der Waals surface area contributed by atoms with Crippen LogP contribution in [0.25, 0.3) is 0 Å². The van der Waals surface area contributed by atoms with E-state index in [0.29, 0.717) is 0 Å². The summed E-state index contributed by atoms with van der Waals surface area (Å²) in [6.07, 6.45) is 7.72. The molecular formula is C12H26B2. The first kappa shape index (κ1) is 13.9. The molecule has 0 aliphatic rings. The summed E-state index contributed by atoms with van der Waals surface area (Å²) in [6, 6.07) is 0. The molecule has 0 saturated heterocycles. The summed E-state index contributed by atoms with van der Waals surface area (Å²) in [5.41, 5.74) is 1.48. The summed E-state index contributed by atoms with van der Waals surface area (Å²) < 4.78 is 0. The number of rotatable bonds is 8. The second-order valence-electron chi connectivity index (χ2n) is 4.52. The fourth-order valence-corrected chi connectivity index (χ4v) is 2.05. The molecule has 0 bridgehead atoms. The van der Waals surface area contributed by atoms with Crippen molar-refractivity contribution in [1.29, 1.82) is 0 Å². The molecule has 0 amide bonds. The van der Waals surface area contributed by atoms with E-state index in [1.807, 2.05) is 0 Å². The Morgan fingerprint density at radius 2 is 1.07 bits per heavy atom. The van der Waals surface area contributed by atoms with E-state index in [4.69, 9.17) is 0 Å². The third-order valence-corrected chi connectivity index (χ3v) is 3.46. The fourth-order valence-electron chi connectivity index (χ4n) is 2.05. The van der Waals surface area contributed by atoms with Crippen molar-refractivity contribution in [2.24, 2.45) is 0 Å². The third kappa shape index (κ3) is 5.57. The Morgan fingerprint density at radius 3 is 1.29 bits per heavy atom. The predicted molar refractivity (Wildman–Crippen MR) is 72.2 cm³/mol. The van der Waals surface area contributed by atoms with Crippen LogP contribution in [0.15, 0.2) is 12.2 Å². The van der Waals surface area contributed by atoms with Gasteiger partial charge in [0.15, 0.2) is 0 Å². The lowest BCUT2D eigenvalue weighted by Crippen LogP contribution is -2.14. The lowest BCUT2D eigenvalue weighted by Gasteiger charge is -2.14. The first-order valence-corrected chi connectivity index (χ1v) is 6.34. The van der Waals surface area contributed by atoms with Crippen molar-refractivity contribution in [2.75, 3.05) is 0 Å². The van der Waals surface area contributed by atoms with Crippen LogP contribution in [0, 0.1) is 0 Å². The molecule has 80 valence electrons. The number of hydrogen-bond acceptors (Lipinski definition) is 0. The Kier molecular flexibility index (Phi) is 8.12. The van der Waals surface area contributed by atoms with Gasteiger partial charge in [0.25, 0.3) is 0 Å². The van der Waals surface area contributed by atoms with Crippen molar-refractivity contribution in [3.63, 3.8) is 0 Å². The maximum absolute atomic E-state index is 4.23. The van der Waals surface area contributed by atoms with E-state index in [2.05, 4.69) is 34.3 Å². The molecule has 0 spiro atoms. The molecular weight excluding hydrogens is 166 g/mol. The first-order chi connectivity index (χ1) is 6.67. The highest BCUT2D eigenvalue weighted by Gasteiger charge is 2.14. The van der Waals surface area contributed by atoms with Gasteiger partial charge in [0, 0.05) is 0 Å². The average Bonchev–Trinajstić information content (AvgIpc) is 2.22. The van der Waals surface area contributed by atoms with E-state index < -0.39 is 0 Å². The highest BCUT2D eigenvalue weighted by atomic mass is 13.9. The van der Waals surface area contributed by atoms with Crippen molar-refractivity contribution in [1.82, 2.24) is 0 Å². The molecule has 0 rings (SSSR count). The summed E-state index contributed by atoms with van der Waals surface area (Å²) in [4.78, 5) is 0. The van der Waals surface area contributed by atoms with E-state index in [1.54, 1.807) is 0 Å². The molecule has 0 heterocycles. The molecule has 0 aliphatic heterocycles. The largest absolute Gasteiger partial charge is 0.143 e. The highest BCUT2D eigenvalue weighted by Crippen LogP contribution is 2.19. The van der Waals surface area contributed by atoms with Gasteiger partial charge in [0.1, 0.15) is 13.4 Å². The molecule has 0 aromatic heterocycles.